The second-order valence-electron chi connectivity index (χ2n) is 8.81. The Morgan fingerprint density at radius 3 is 2.38 bits per heavy atom. The summed E-state index contributed by atoms with van der Waals surface area (Å²) in [5, 5.41) is 24.2. The Labute approximate surface area is 242 Å². The summed E-state index contributed by atoms with van der Waals surface area (Å²) in [6, 6.07) is 21.0. The van der Waals surface area contributed by atoms with Gasteiger partial charge in [0.25, 0.3) is 16.8 Å². The van der Waals surface area contributed by atoms with E-state index in [2.05, 4.69) is 0 Å². The molecule has 212 valence electrons. The number of amides is 2. The molecule has 4 aromatic carbocycles. The molecule has 0 N–H and O–H groups in total. The van der Waals surface area contributed by atoms with Gasteiger partial charge in [-0.2, -0.15) is 0 Å². The number of rotatable bonds is 10. The maximum absolute atomic E-state index is 13.2. The van der Waals surface area contributed by atoms with E-state index in [-0.39, 0.29) is 35.3 Å². The summed E-state index contributed by atoms with van der Waals surface area (Å²) in [6.45, 7) is 0.0956. The van der Waals surface area contributed by atoms with Crippen LogP contribution in [0.2, 0.25) is 0 Å². The van der Waals surface area contributed by atoms with Gasteiger partial charge in [0.1, 0.15) is 12.4 Å². The van der Waals surface area contributed by atoms with Crippen LogP contribution >= 0.6 is 11.8 Å². The average molecular weight is 588 g/mol. The van der Waals surface area contributed by atoms with Crippen molar-refractivity contribution in [3.05, 3.63) is 110 Å². The molecule has 0 bridgehead atoms. The van der Waals surface area contributed by atoms with E-state index in [1.165, 1.54) is 13.2 Å². The van der Waals surface area contributed by atoms with Crippen LogP contribution in [0.5, 0.6) is 23.0 Å². The molecule has 0 saturated carbocycles. The molecule has 4 aromatic rings. The third-order valence-electron chi connectivity index (χ3n) is 6.27. The number of nitrogens with zero attached hydrogens (tertiary/aromatic N) is 3. The van der Waals surface area contributed by atoms with E-state index in [1.54, 1.807) is 18.2 Å². The van der Waals surface area contributed by atoms with Crippen molar-refractivity contribution >= 4 is 51.1 Å². The maximum atomic E-state index is 13.2. The Balaban J connectivity index is 1.37. The minimum absolute atomic E-state index is 0.0156. The fourth-order valence-corrected chi connectivity index (χ4v) is 5.13. The Morgan fingerprint density at radius 1 is 0.881 bits per heavy atom. The molecule has 2 amide bonds. The number of thioether (sulfide) groups is 1. The molecule has 0 spiro atoms. The number of hydrogen-bond donors (Lipinski definition) is 0. The predicted octanol–water partition coefficient (Wildman–Crippen LogP) is 6.57. The van der Waals surface area contributed by atoms with E-state index >= 15 is 0 Å². The van der Waals surface area contributed by atoms with Crippen molar-refractivity contribution in [1.29, 1.82) is 0 Å². The SMILES string of the molecule is COc1cccc(/C=C2\SC(=O)N(CCOc3cccc4ccccc34)C2=O)c1Oc1ccc([N+](=O)[O-])cc1[N+](=O)[O-]. The van der Waals surface area contributed by atoms with E-state index in [0.717, 1.165) is 45.6 Å². The molecule has 0 unspecified atom stereocenters. The van der Waals surface area contributed by atoms with Gasteiger partial charge in [-0.15, -0.1) is 0 Å². The van der Waals surface area contributed by atoms with Gasteiger partial charge in [-0.3, -0.25) is 34.7 Å². The van der Waals surface area contributed by atoms with E-state index in [9.17, 15) is 29.8 Å². The van der Waals surface area contributed by atoms with Crippen LogP contribution in [0.15, 0.2) is 83.8 Å². The second-order valence-corrected chi connectivity index (χ2v) is 9.80. The second kappa shape index (κ2) is 12.0. The molecule has 1 heterocycles. The standard InChI is InChI=1S/C29H21N3O9S/c1-39-25-11-5-8-19(27(25)41-24-13-12-20(31(35)36)17-22(24)32(37)38)16-26-28(33)30(29(34)42-26)14-15-40-23-10-4-7-18-6-2-3-9-21(18)23/h2-13,16-17H,14-15H2,1H3/b26-16-. The van der Waals surface area contributed by atoms with Gasteiger partial charge < -0.3 is 14.2 Å². The van der Waals surface area contributed by atoms with E-state index < -0.39 is 32.4 Å². The first-order chi connectivity index (χ1) is 20.3. The zero-order valence-corrected chi connectivity index (χ0v) is 22.7. The van der Waals surface area contributed by atoms with Crippen molar-refractivity contribution in [3.63, 3.8) is 0 Å². The van der Waals surface area contributed by atoms with E-state index in [1.807, 2.05) is 42.5 Å². The van der Waals surface area contributed by atoms with Crippen molar-refractivity contribution in [3.8, 4) is 23.0 Å². The third-order valence-corrected chi connectivity index (χ3v) is 7.18. The smallest absolute Gasteiger partial charge is 0.318 e. The molecule has 13 heteroatoms. The molecule has 1 saturated heterocycles. The van der Waals surface area contributed by atoms with Gasteiger partial charge in [0.05, 0.1) is 34.5 Å². The fraction of sp³-hybridized carbons (Fsp3) is 0.103. The monoisotopic (exact) mass is 587 g/mol. The minimum Gasteiger partial charge on any atom is -0.493 e. The largest absolute Gasteiger partial charge is 0.493 e. The van der Waals surface area contributed by atoms with Gasteiger partial charge >= 0.3 is 5.69 Å². The number of nitro groups is 2. The molecule has 0 aromatic heterocycles. The van der Waals surface area contributed by atoms with Gasteiger partial charge in [0, 0.05) is 17.0 Å². The topological polar surface area (TPSA) is 151 Å². The Bertz CT molecular complexity index is 1770. The number of fused-ring (bicyclic) bond motifs is 1. The first-order valence-corrected chi connectivity index (χ1v) is 13.2. The molecular formula is C29H21N3O9S. The van der Waals surface area contributed by atoms with Crippen LogP contribution in [-0.4, -0.2) is 46.2 Å². The van der Waals surface area contributed by atoms with Crippen molar-refractivity contribution in [2.75, 3.05) is 20.3 Å². The normalized spacial score (nSPS) is 13.9. The third kappa shape index (κ3) is 5.71. The van der Waals surface area contributed by atoms with E-state index in [0.29, 0.717) is 11.3 Å². The highest BCUT2D eigenvalue weighted by molar-refractivity contribution is 8.18. The first-order valence-electron chi connectivity index (χ1n) is 12.4. The maximum Gasteiger partial charge on any atom is 0.318 e. The summed E-state index contributed by atoms with van der Waals surface area (Å²) in [5.41, 5.74) is -0.820. The molecule has 42 heavy (non-hydrogen) atoms. The molecule has 0 radical (unpaired) electrons. The summed E-state index contributed by atoms with van der Waals surface area (Å²) in [5.74, 6) is 0.0151. The number of imide groups is 1. The molecule has 5 rings (SSSR count). The van der Waals surface area contributed by atoms with Crippen LogP contribution in [0.1, 0.15) is 5.56 Å². The quantitative estimate of drug-likeness (QED) is 0.113. The van der Waals surface area contributed by atoms with Crippen molar-refractivity contribution in [2.24, 2.45) is 0 Å². The number of carbonyl (C=O) groups excluding carboxylic acids is 2. The van der Waals surface area contributed by atoms with Crippen molar-refractivity contribution in [1.82, 2.24) is 4.90 Å². The number of para-hydroxylation sites is 1. The number of nitro benzene ring substituents is 2. The highest BCUT2D eigenvalue weighted by atomic mass is 32.2. The van der Waals surface area contributed by atoms with Crippen LogP contribution in [0.3, 0.4) is 0 Å². The zero-order chi connectivity index (χ0) is 29.8. The number of carbonyl (C=O) groups is 2. The summed E-state index contributed by atoms with van der Waals surface area (Å²) >= 11 is 0.731. The lowest BCUT2D eigenvalue weighted by Crippen LogP contribution is -2.32. The van der Waals surface area contributed by atoms with Crippen LogP contribution in [0.4, 0.5) is 16.2 Å². The van der Waals surface area contributed by atoms with Crippen molar-refractivity contribution in [2.45, 2.75) is 0 Å². The van der Waals surface area contributed by atoms with Crippen LogP contribution in [-0.2, 0) is 4.79 Å². The van der Waals surface area contributed by atoms with Gasteiger partial charge in [-0.05, 0) is 41.4 Å². The lowest BCUT2D eigenvalue weighted by atomic mass is 10.1. The van der Waals surface area contributed by atoms with Gasteiger partial charge in [0.15, 0.2) is 11.5 Å². The summed E-state index contributed by atoms with van der Waals surface area (Å²) < 4.78 is 17.1. The van der Waals surface area contributed by atoms with E-state index in [4.69, 9.17) is 14.2 Å². The summed E-state index contributed by atoms with van der Waals surface area (Å²) in [6.07, 6.45) is 1.42. The Kier molecular flexibility index (Phi) is 8.02. The van der Waals surface area contributed by atoms with Crippen LogP contribution in [0.25, 0.3) is 16.8 Å². The molecule has 1 aliphatic rings. The number of methoxy groups -OCH3 is 1. The van der Waals surface area contributed by atoms with Gasteiger partial charge in [0.2, 0.25) is 5.75 Å². The highest BCUT2D eigenvalue weighted by Gasteiger charge is 2.35. The molecule has 12 nitrogen and oxygen atoms in total. The molecule has 0 aliphatic carbocycles. The Hall–Kier alpha value is -5.43. The lowest BCUT2D eigenvalue weighted by Gasteiger charge is -2.15. The zero-order valence-electron chi connectivity index (χ0n) is 21.9. The molecule has 0 atom stereocenters. The Morgan fingerprint density at radius 2 is 1.62 bits per heavy atom. The number of non-ortho nitro benzene ring substituents is 1. The molecule has 1 fully saturated rings. The number of benzene rings is 4. The summed E-state index contributed by atoms with van der Waals surface area (Å²) in [7, 11) is 1.36. The number of hydrogen-bond acceptors (Lipinski definition) is 10. The molecule has 1 aliphatic heterocycles. The highest BCUT2D eigenvalue weighted by Crippen LogP contribution is 2.42. The predicted molar refractivity (Wildman–Crippen MR) is 155 cm³/mol. The summed E-state index contributed by atoms with van der Waals surface area (Å²) in [4.78, 5) is 48.3. The van der Waals surface area contributed by atoms with Gasteiger partial charge in [-0.1, -0.05) is 48.5 Å². The fourth-order valence-electron chi connectivity index (χ4n) is 4.28. The number of ether oxygens (including phenoxy) is 3. The minimum atomic E-state index is -0.802. The van der Waals surface area contributed by atoms with Crippen molar-refractivity contribution < 1.29 is 33.6 Å². The first kappa shape index (κ1) is 28.1. The average Bonchev–Trinajstić information content (AvgIpc) is 3.25. The lowest BCUT2D eigenvalue weighted by molar-refractivity contribution is -0.394. The molecular weight excluding hydrogens is 566 g/mol. The van der Waals surface area contributed by atoms with Gasteiger partial charge in [-0.25, -0.2) is 0 Å². The van der Waals surface area contributed by atoms with Crippen LogP contribution in [0, 0.1) is 20.2 Å². The van der Waals surface area contributed by atoms with Crippen LogP contribution < -0.4 is 14.2 Å².